The molecule has 0 unspecified atom stereocenters. The van der Waals surface area contributed by atoms with Crippen molar-refractivity contribution in [2.24, 2.45) is 0 Å². The zero-order chi connectivity index (χ0) is 24.0. The van der Waals surface area contributed by atoms with E-state index in [9.17, 15) is 18.0 Å². The molecule has 0 fully saturated rings. The van der Waals surface area contributed by atoms with Crippen LogP contribution in [0.4, 0.5) is 11.4 Å². The van der Waals surface area contributed by atoms with Crippen molar-refractivity contribution in [1.82, 2.24) is 5.32 Å². The molecule has 33 heavy (non-hydrogen) atoms. The van der Waals surface area contributed by atoms with E-state index in [0.29, 0.717) is 17.8 Å². The average Bonchev–Trinajstić information content (AvgIpc) is 2.82. The van der Waals surface area contributed by atoms with Gasteiger partial charge in [0.2, 0.25) is 0 Å². The lowest BCUT2D eigenvalue weighted by atomic mass is 10.1. The number of amides is 2. The second kappa shape index (κ2) is 10.3. The minimum atomic E-state index is -3.88. The monoisotopic (exact) mass is 465 g/mol. The van der Waals surface area contributed by atoms with Crippen LogP contribution in [0.2, 0.25) is 0 Å². The van der Waals surface area contributed by atoms with Crippen molar-refractivity contribution >= 4 is 33.2 Å². The van der Waals surface area contributed by atoms with Crippen molar-refractivity contribution in [1.29, 1.82) is 0 Å². The predicted molar refractivity (Wildman–Crippen MR) is 130 cm³/mol. The van der Waals surface area contributed by atoms with Gasteiger partial charge in [-0.1, -0.05) is 48.9 Å². The SMILES string of the molecule is CCCNC(=O)c1ccccc1NC(=O)c1ccccc1N(C)S(=O)(=O)c1ccc(C)cc1. The Balaban J connectivity index is 1.92. The van der Waals surface area contributed by atoms with E-state index in [-0.39, 0.29) is 22.1 Å². The summed E-state index contributed by atoms with van der Waals surface area (Å²) in [4.78, 5) is 25.8. The lowest BCUT2D eigenvalue weighted by molar-refractivity contribution is 0.0954. The summed E-state index contributed by atoms with van der Waals surface area (Å²) in [6.07, 6.45) is 0.787. The number of hydrogen-bond donors (Lipinski definition) is 2. The minimum Gasteiger partial charge on any atom is -0.352 e. The van der Waals surface area contributed by atoms with Crippen LogP contribution in [-0.2, 0) is 10.0 Å². The lowest BCUT2D eigenvalue weighted by Crippen LogP contribution is -2.29. The Hall–Kier alpha value is -3.65. The van der Waals surface area contributed by atoms with Crippen LogP contribution in [0.3, 0.4) is 0 Å². The molecule has 7 nitrogen and oxygen atoms in total. The van der Waals surface area contributed by atoms with Crippen molar-refractivity contribution in [2.75, 3.05) is 23.2 Å². The van der Waals surface area contributed by atoms with Gasteiger partial charge in [0.05, 0.1) is 27.4 Å². The van der Waals surface area contributed by atoms with Crippen LogP contribution in [0, 0.1) is 6.92 Å². The molecule has 3 aromatic rings. The summed E-state index contributed by atoms with van der Waals surface area (Å²) in [5, 5.41) is 5.55. The smallest absolute Gasteiger partial charge is 0.264 e. The largest absolute Gasteiger partial charge is 0.352 e. The Morgan fingerprint density at radius 3 is 2.12 bits per heavy atom. The number of sulfonamides is 1. The molecule has 0 saturated carbocycles. The molecule has 0 spiro atoms. The highest BCUT2D eigenvalue weighted by Crippen LogP contribution is 2.27. The van der Waals surface area contributed by atoms with Gasteiger partial charge < -0.3 is 10.6 Å². The van der Waals surface area contributed by atoms with Crippen LogP contribution in [0.1, 0.15) is 39.6 Å². The maximum Gasteiger partial charge on any atom is 0.264 e. The van der Waals surface area contributed by atoms with Gasteiger partial charge in [-0.05, 0) is 49.7 Å². The number of hydrogen-bond acceptors (Lipinski definition) is 4. The van der Waals surface area contributed by atoms with Gasteiger partial charge in [0, 0.05) is 13.6 Å². The van der Waals surface area contributed by atoms with E-state index in [0.717, 1.165) is 16.3 Å². The highest BCUT2D eigenvalue weighted by atomic mass is 32.2. The quantitative estimate of drug-likeness (QED) is 0.521. The van der Waals surface area contributed by atoms with E-state index in [1.807, 2.05) is 13.8 Å². The molecule has 0 aliphatic carbocycles. The molecule has 3 aromatic carbocycles. The number of nitrogens with one attached hydrogen (secondary N) is 2. The van der Waals surface area contributed by atoms with Crippen molar-refractivity contribution in [2.45, 2.75) is 25.2 Å². The fourth-order valence-corrected chi connectivity index (χ4v) is 4.47. The third-order valence-electron chi connectivity index (χ3n) is 5.12. The summed E-state index contributed by atoms with van der Waals surface area (Å²) in [6, 6.07) is 19.6. The number of rotatable bonds is 8. The van der Waals surface area contributed by atoms with Crippen LogP contribution in [0.5, 0.6) is 0 Å². The number of benzene rings is 3. The molecule has 0 atom stereocenters. The van der Waals surface area contributed by atoms with Crippen LogP contribution < -0.4 is 14.9 Å². The summed E-state index contributed by atoms with van der Waals surface area (Å²) in [6.45, 7) is 4.35. The summed E-state index contributed by atoms with van der Waals surface area (Å²) >= 11 is 0. The molecule has 0 aliphatic heterocycles. The van der Waals surface area contributed by atoms with Gasteiger partial charge >= 0.3 is 0 Å². The van der Waals surface area contributed by atoms with Gasteiger partial charge in [0.25, 0.3) is 21.8 Å². The molecule has 0 radical (unpaired) electrons. The standard InChI is InChI=1S/C25H27N3O4S/c1-4-17-26-24(29)20-9-5-7-11-22(20)27-25(30)21-10-6-8-12-23(21)28(3)33(31,32)19-15-13-18(2)14-16-19/h5-16H,4,17H2,1-3H3,(H,26,29)(H,27,30). The van der Waals surface area contributed by atoms with Gasteiger partial charge in [-0.3, -0.25) is 13.9 Å². The van der Waals surface area contributed by atoms with Crippen molar-refractivity contribution < 1.29 is 18.0 Å². The normalized spacial score (nSPS) is 11.0. The third-order valence-corrected chi connectivity index (χ3v) is 6.91. The highest BCUT2D eigenvalue weighted by molar-refractivity contribution is 7.92. The molecule has 0 aliphatic rings. The van der Waals surface area contributed by atoms with E-state index in [1.54, 1.807) is 60.7 Å². The Morgan fingerprint density at radius 1 is 0.848 bits per heavy atom. The predicted octanol–water partition coefficient (Wildman–Crippen LogP) is 4.21. The molecule has 172 valence electrons. The zero-order valence-corrected chi connectivity index (χ0v) is 19.6. The van der Waals surface area contributed by atoms with Gasteiger partial charge in [-0.25, -0.2) is 8.42 Å². The number of carbonyl (C=O) groups excluding carboxylic acids is 2. The summed E-state index contributed by atoms with van der Waals surface area (Å²) in [5.74, 6) is -0.813. The Labute approximate surface area is 194 Å². The zero-order valence-electron chi connectivity index (χ0n) is 18.8. The van der Waals surface area contributed by atoms with Gasteiger partial charge in [-0.15, -0.1) is 0 Å². The first-order valence-corrected chi connectivity index (χ1v) is 12.0. The highest BCUT2D eigenvalue weighted by Gasteiger charge is 2.25. The van der Waals surface area contributed by atoms with Crippen molar-refractivity contribution in [3.63, 3.8) is 0 Å². The Kier molecular flexibility index (Phi) is 7.50. The molecule has 0 aromatic heterocycles. The molecule has 0 saturated heterocycles. The van der Waals surface area contributed by atoms with E-state index in [4.69, 9.17) is 0 Å². The van der Waals surface area contributed by atoms with Crippen molar-refractivity contribution in [3.8, 4) is 0 Å². The Bertz CT molecular complexity index is 1250. The summed E-state index contributed by atoms with van der Waals surface area (Å²) in [7, 11) is -2.47. The molecule has 3 rings (SSSR count). The van der Waals surface area contributed by atoms with Crippen LogP contribution in [0.25, 0.3) is 0 Å². The fourth-order valence-electron chi connectivity index (χ4n) is 3.25. The topological polar surface area (TPSA) is 95.6 Å². The first-order valence-electron chi connectivity index (χ1n) is 10.6. The van der Waals surface area contributed by atoms with E-state index in [1.165, 1.54) is 19.2 Å². The summed E-state index contributed by atoms with van der Waals surface area (Å²) < 4.78 is 27.4. The van der Waals surface area contributed by atoms with E-state index >= 15 is 0 Å². The number of carbonyl (C=O) groups is 2. The summed E-state index contributed by atoms with van der Waals surface area (Å²) in [5.41, 5.74) is 2.01. The average molecular weight is 466 g/mol. The van der Waals surface area contributed by atoms with Crippen molar-refractivity contribution in [3.05, 3.63) is 89.5 Å². The number of para-hydroxylation sites is 2. The molecule has 2 amide bonds. The fraction of sp³-hybridized carbons (Fsp3) is 0.200. The minimum absolute atomic E-state index is 0.128. The van der Waals surface area contributed by atoms with Gasteiger partial charge in [-0.2, -0.15) is 0 Å². The number of nitrogens with zero attached hydrogens (tertiary/aromatic N) is 1. The number of aryl methyl sites for hydroxylation is 1. The second-order valence-electron chi connectivity index (χ2n) is 7.56. The van der Waals surface area contributed by atoms with E-state index in [2.05, 4.69) is 10.6 Å². The molecule has 8 heteroatoms. The third kappa shape index (κ3) is 5.40. The van der Waals surface area contributed by atoms with E-state index < -0.39 is 15.9 Å². The molecular formula is C25H27N3O4S. The number of anilines is 2. The first kappa shape index (κ1) is 24.0. The van der Waals surface area contributed by atoms with Crippen LogP contribution in [0.15, 0.2) is 77.7 Å². The van der Waals surface area contributed by atoms with Crippen LogP contribution >= 0.6 is 0 Å². The van der Waals surface area contributed by atoms with Gasteiger partial charge in [0.15, 0.2) is 0 Å². The molecular weight excluding hydrogens is 438 g/mol. The maximum atomic E-state index is 13.2. The second-order valence-corrected chi connectivity index (χ2v) is 9.53. The van der Waals surface area contributed by atoms with Crippen LogP contribution in [-0.4, -0.2) is 33.8 Å². The first-order chi connectivity index (χ1) is 15.8. The lowest BCUT2D eigenvalue weighted by Gasteiger charge is -2.22. The van der Waals surface area contributed by atoms with Gasteiger partial charge in [0.1, 0.15) is 0 Å². The molecule has 0 bridgehead atoms. The maximum absolute atomic E-state index is 13.2. The molecule has 2 N–H and O–H groups in total. The molecule has 0 heterocycles. The Morgan fingerprint density at radius 2 is 1.45 bits per heavy atom.